The molecule has 2 aliphatic rings. The van der Waals surface area contributed by atoms with Crippen LogP contribution in [0.5, 0.6) is 0 Å². The Kier molecular flexibility index (Phi) is 6.76. The number of alkyl halides is 1. The summed E-state index contributed by atoms with van der Waals surface area (Å²) in [6.45, 7) is 7.60. The second-order valence-electron chi connectivity index (χ2n) is 7.23. The third kappa shape index (κ3) is 4.70. The summed E-state index contributed by atoms with van der Waals surface area (Å²) in [5.41, 5.74) is 0. The Morgan fingerprint density at radius 3 is 2.60 bits per heavy atom. The van der Waals surface area contributed by atoms with Crippen LogP contribution in [0.3, 0.4) is 0 Å². The number of hydrogen-bond acceptors (Lipinski definition) is 2. The van der Waals surface area contributed by atoms with Gasteiger partial charge >= 0.3 is 0 Å². The fraction of sp³-hybridized carbons (Fsp3) is 1.00. The fourth-order valence-electron chi connectivity index (χ4n) is 4.05. The molecule has 2 unspecified atom stereocenters. The van der Waals surface area contributed by atoms with E-state index < -0.39 is 0 Å². The van der Waals surface area contributed by atoms with Gasteiger partial charge < -0.3 is 5.32 Å². The van der Waals surface area contributed by atoms with Crippen LogP contribution in [0.2, 0.25) is 0 Å². The molecule has 0 aromatic heterocycles. The van der Waals surface area contributed by atoms with Crippen LogP contribution in [-0.4, -0.2) is 43.3 Å². The highest BCUT2D eigenvalue weighted by atomic mass is 19.1. The van der Waals surface area contributed by atoms with Crippen molar-refractivity contribution in [1.29, 1.82) is 0 Å². The lowest BCUT2D eigenvalue weighted by molar-refractivity contribution is 0.0818. The van der Waals surface area contributed by atoms with Crippen molar-refractivity contribution in [3.8, 4) is 0 Å². The van der Waals surface area contributed by atoms with E-state index in [1.165, 1.54) is 38.5 Å². The van der Waals surface area contributed by atoms with Crippen molar-refractivity contribution in [2.24, 2.45) is 11.8 Å². The van der Waals surface area contributed by atoms with Crippen molar-refractivity contribution in [2.75, 3.05) is 26.3 Å². The number of halogens is 1. The van der Waals surface area contributed by atoms with Gasteiger partial charge in [-0.25, -0.2) is 0 Å². The smallest absolute Gasteiger partial charge is 0.0906 e. The number of nitrogens with zero attached hydrogens (tertiary/aromatic N) is 1. The van der Waals surface area contributed by atoms with Crippen molar-refractivity contribution in [2.45, 2.75) is 70.9 Å². The van der Waals surface area contributed by atoms with Gasteiger partial charge in [0.25, 0.3) is 0 Å². The fourth-order valence-corrected chi connectivity index (χ4v) is 4.05. The third-order valence-corrected chi connectivity index (χ3v) is 5.10. The van der Waals surface area contributed by atoms with Crippen LogP contribution in [-0.2, 0) is 0 Å². The van der Waals surface area contributed by atoms with Crippen molar-refractivity contribution in [3.05, 3.63) is 0 Å². The molecule has 1 N–H and O–H groups in total. The molecule has 1 aliphatic carbocycles. The summed E-state index contributed by atoms with van der Waals surface area (Å²) >= 11 is 0. The SMILES string of the molecule is CC(C)CC1CNC(C2CCCCC2)CN1CCCF. The largest absolute Gasteiger partial charge is 0.311 e. The van der Waals surface area contributed by atoms with Crippen molar-refractivity contribution in [3.63, 3.8) is 0 Å². The van der Waals surface area contributed by atoms with Gasteiger partial charge in [-0.3, -0.25) is 9.29 Å². The van der Waals surface area contributed by atoms with Crippen LogP contribution in [0.4, 0.5) is 4.39 Å². The van der Waals surface area contributed by atoms with E-state index in [-0.39, 0.29) is 6.67 Å². The molecule has 2 nitrogen and oxygen atoms in total. The van der Waals surface area contributed by atoms with Crippen LogP contribution in [0.25, 0.3) is 0 Å². The van der Waals surface area contributed by atoms with Gasteiger partial charge in [-0.15, -0.1) is 0 Å². The molecule has 1 saturated carbocycles. The topological polar surface area (TPSA) is 15.3 Å². The van der Waals surface area contributed by atoms with Gasteiger partial charge in [0.1, 0.15) is 0 Å². The third-order valence-electron chi connectivity index (χ3n) is 5.10. The van der Waals surface area contributed by atoms with Gasteiger partial charge in [0, 0.05) is 31.7 Å². The molecule has 0 aromatic carbocycles. The minimum Gasteiger partial charge on any atom is -0.311 e. The number of hydrogen-bond donors (Lipinski definition) is 1. The Labute approximate surface area is 124 Å². The molecule has 2 fully saturated rings. The molecule has 0 amide bonds. The lowest BCUT2D eigenvalue weighted by Crippen LogP contribution is -2.59. The molecule has 0 spiro atoms. The molecule has 3 heteroatoms. The zero-order valence-electron chi connectivity index (χ0n) is 13.4. The van der Waals surface area contributed by atoms with Gasteiger partial charge in [0.15, 0.2) is 0 Å². The Morgan fingerprint density at radius 2 is 1.95 bits per heavy atom. The maximum absolute atomic E-state index is 12.5. The number of nitrogens with one attached hydrogen (secondary N) is 1. The number of piperazine rings is 1. The maximum Gasteiger partial charge on any atom is 0.0906 e. The Morgan fingerprint density at radius 1 is 1.20 bits per heavy atom. The van der Waals surface area contributed by atoms with E-state index in [0.717, 1.165) is 31.5 Å². The van der Waals surface area contributed by atoms with E-state index >= 15 is 0 Å². The normalized spacial score (nSPS) is 30.0. The van der Waals surface area contributed by atoms with Crippen LogP contribution in [0.1, 0.15) is 58.8 Å². The average Bonchev–Trinajstić information content (AvgIpc) is 2.46. The summed E-state index contributed by atoms with van der Waals surface area (Å²) in [7, 11) is 0. The van der Waals surface area contributed by atoms with Crippen molar-refractivity contribution >= 4 is 0 Å². The Hall–Kier alpha value is -0.150. The molecule has 2 atom stereocenters. The minimum atomic E-state index is -0.174. The van der Waals surface area contributed by atoms with Crippen LogP contribution >= 0.6 is 0 Å². The first-order chi connectivity index (χ1) is 9.70. The van der Waals surface area contributed by atoms with Gasteiger partial charge in [0.05, 0.1) is 6.67 Å². The zero-order chi connectivity index (χ0) is 14.4. The average molecular weight is 284 g/mol. The van der Waals surface area contributed by atoms with Gasteiger partial charge in [-0.05, 0) is 37.5 Å². The van der Waals surface area contributed by atoms with Gasteiger partial charge in [0.2, 0.25) is 0 Å². The Bertz CT molecular complexity index is 264. The highest BCUT2D eigenvalue weighted by Crippen LogP contribution is 2.29. The van der Waals surface area contributed by atoms with E-state index in [1.807, 2.05) is 0 Å². The summed E-state index contributed by atoms with van der Waals surface area (Å²) < 4.78 is 12.5. The van der Waals surface area contributed by atoms with E-state index in [9.17, 15) is 4.39 Å². The Balaban J connectivity index is 1.89. The summed E-state index contributed by atoms with van der Waals surface area (Å²) in [4.78, 5) is 2.58. The van der Waals surface area contributed by atoms with Gasteiger partial charge in [-0.1, -0.05) is 33.1 Å². The van der Waals surface area contributed by atoms with Crippen LogP contribution in [0.15, 0.2) is 0 Å². The molecule has 0 radical (unpaired) electrons. The van der Waals surface area contributed by atoms with E-state index in [0.29, 0.717) is 18.5 Å². The van der Waals surface area contributed by atoms with E-state index in [1.54, 1.807) is 0 Å². The molecule has 20 heavy (non-hydrogen) atoms. The first-order valence-corrected chi connectivity index (χ1v) is 8.74. The summed E-state index contributed by atoms with van der Waals surface area (Å²) in [6, 6.07) is 1.26. The first-order valence-electron chi connectivity index (χ1n) is 8.74. The summed E-state index contributed by atoms with van der Waals surface area (Å²) in [5.74, 6) is 1.58. The van der Waals surface area contributed by atoms with E-state index in [2.05, 4.69) is 24.1 Å². The standard InChI is InChI=1S/C17H33FN2/c1-14(2)11-16-12-19-17(13-20(16)10-6-9-18)15-7-4-3-5-8-15/h14-17,19H,3-13H2,1-2H3. The molecular formula is C17H33FN2. The van der Waals surface area contributed by atoms with Crippen molar-refractivity contribution < 1.29 is 4.39 Å². The first kappa shape index (κ1) is 16.2. The monoisotopic (exact) mass is 284 g/mol. The predicted octanol–water partition coefficient (Wildman–Crippen LogP) is 3.61. The lowest BCUT2D eigenvalue weighted by atomic mass is 9.82. The van der Waals surface area contributed by atoms with Crippen molar-refractivity contribution in [1.82, 2.24) is 10.2 Å². The second kappa shape index (κ2) is 8.33. The zero-order valence-corrected chi connectivity index (χ0v) is 13.4. The highest BCUT2D eigenvalue weighted by Gasteiger charge is 2.32. The molecule has 2 rings (SSSR count). The molecule has 118 valence electrons. The highest BCUT2D eigenvalue weighted by molar-refractivity contribution is 4.90. The van der Waals surface area contributed by atoms with Crippen LogP contribution < -0.4 is 5.32 Å². The second-order valence-corrected chi connectivity index (χ2v) is 7.23. The minimum absolute atomic E-state index is 0.174. The molecule has 1 aliphatic heterocycles. The molecule has 1 saturated heterocycles. The van der Waals surface area contributed by atoms with Gasteiger partial charge in [-0.2, -0.15) is 0 Å². The summed E-state index contributed by atoms with van der Waals surface area (Å²) in [5, 5.41) is 3.82. The number of rotatable bonds is 6. The predicted molar refractivity (Wildman–Crippen MR) is 83.8 cm³/mol. The molecule has 0 bridgehead atoms. The quantitative estimate of drug-likeness (QED) is 0.801. The van der Waals surface area contributed by atoms with Crippen LogP contribution in [0, 0.1) is 11.8 Å². The van der Waals surface area contributed by atoms with E-state index in [4.69, 9.17) is 0 Å². The maximum atomic E-state index is 12.5. The molecular weight excluding hydrogens is 251 g/mol. The lowest BCUT2D eigenvalue weighted by Gasteiger charge is -2.44. The summed E-state index contributed by atoms with van der Waals surface area (Å²) in [6.07, 6.45) is 8.95. The molecule has 0 aromatic rings. The molecule has 1 heterocycles.